The number of halogens is 3. The zero-order valence-corrected chi connectivity index (χ0v) is 13.1. The minimum atomic E-state index is -0.438. The predicted molar refractivity (Wildman–Crippen MR) is 81.0 cm³/mol. The van der Waals surface area contributed by atoms with Crippen molar-refractivity contribution in [1.82, 2.24) is 5.32 Å². The summed E-state index contributed by atoms with van der Waals surface area (Å²) >= 11 is 12.1. The van der Waals surface area contributed by atoms with Crippen molar-refractivity contribution in [2.24, 2.45) is 5.92 Å². The van der Waals surface area contributed by atoms with Gasteiger partial charge in [-0.15, -0.1) is 0 Å². The molecule has 0 amide bonds. The Hall–Kier alpha value is -0.350. The topological polar surface area (TPSA) is 21.3 Å². The zero-order chi connectivity index (χ0) is 14.5. The van der Waals surface area contributed by atoms with Crippen molar-refractivity contribution in [1.29, 1.82) is 0 Å². The van der Waals surface area contributed by atoms with E-state index in [2.05, 4.69) is 5.32 Å². The van der Waals surface area contributed by atoms with Crippen molar-refractivity contribution in [3.8, 4) is 0 Å². The van der Waals surface area contributed by atoms with E-state index in [1.807, 2.05) is 6.92 Å². The largest absolute Gasteiger partial charge is 0.381 e. The lowest BCUT2D eigenvalue weighted by atomic mass is 10.1. The summed E-state index contributed by atoms with van der Waals surface area (Å²) in [4.78, 5) is 0. The first-order valence-corrected chi connectivity index (χ1v) is 7.79. The summed E-state index contributed by atoms with van der Waals surface area (Å²) in [5.74, 6) is 0.360. The van der Waals surface area contributed by atoms with Crippen molar-refractivity contribution < 1.29 is 9.13 Å². The normalized spacial score (nSPS) is 16.4. The molecule has 2 rings (SSSR count). The number of ether oxygens (including phenoxy) is 1. The molecule has 2 nitrogen and oxygen atoms in total. The molecule has 0 heterocycles. The van der Waals surface area contributed by atoms with Gasteiger partial charge in [-0.25, -0.2) is 4.39 Å². The fraction of sp³-hybridized carbons (Fsp3) is 0.600. The highest BCUT2D eigenvalue weighted by Gasteiger charge is 2.21. The summed E-state index contributed by atoms with van der Waals surface area (Å²) in [5.41, 5.74) is 0.618. The van der Waals surface area contributed by atoms with E-state index in [1.165, 1.54) is 25.0 Å². The fourth-order valence-electron chi connectivity index (χ4n) is 2.07. The second kappa shape index (κ2) is 7.60. The monoisotopic (exact) mass is 319 g/mol. The van der Waals surface area contributed by atoms with Crippen LogP contribution in [0.2, 0.25) is 10.0 Å². The number of nitrogens with one attached hydrogen (secondary N) is 1. The number of hydrogen-bond donors (Lipinski definition) is 1. The van der Waals surface area contributed by atoms with Gasteiger partial charge >= 0.3 is 0 Å². The van der Waals surface area contributed by atoms with Crippen molar-refractivity contribution >= 4 is 23.2 Å². The van der Waals surface area contributed by atoms with E-state index < -0.39 is 5.82 Å². The van der Waals surface area contributed by atoms with Gasteiger partial charge in [-0.3, -0.25) is 0 Å². The quantitative estimate of drug-likeness (QED) is 0.558. The second-order valence-electron chi connectivity index (χ2n) is 5.30. The maximum Gasteiger partial charge on any atom is 0.142 e. The lowest BCUT2D eigenvalue weighted by Gasteiger charge is -2.17. The van der Waals surface area contributed by atoms with E-state index in [0.29, 0.717) is 10.6 Å². The molecule has 0 radical (unpaired) electrons. The Bertz CT molecular complexity index is 452. The van der Waals surface area contributed by atoms with Crippen molar-refractivity contribution in [3.05, 3.63) is 33.6 Å². The Morgan fingerprint density at radius 2 is 2.15 bits per heavy atom. The van der Waals surface area contributed by atoms with E-state index in [1.54, 1.807) is 0 Å². The molecule has 1 aromatic rings. The van der Waals surface area contributed by atoms with E-state index in [4.69, 9.17) is 27.9 Å². The molecule has 1 atom stereocenters. The van der Waals surface area contributed by atoms with E-state index in [-0.39, 0.29) is 11.1 Å². The highest BCUT2D eigenvalue weighted by atomic mass is 35.5. The first-order valence-electron chi connectivity index (χ1n) is 7.04. The molecule has 20 heavy (non-hydrogen) atoms. The summed E-state index contributed by atoms with van der Waals surface area (Å²) in [6, 6.07) is 2.73. The van der Waals surface area contributed by atoms with E-state index in [9.17, 15) is 4.39 Å². The van der Waals surface area contributed by atoms with Crippen LogP contribution in [-0.2, 0) is 4.74 Å². The lowest BCUT2D eigenvalue weighted by Crippen LogP contribution is -2.22. The van der Waals surface area contributed by atoms with Crippen LogP contribution in [0.25, 0.3) is 0 Å². The summed E-state index contributed by atoms with van der Waals surface area (Å²) in [7, 11) is 0. The molecule has 1 aliphatic rings. The first-order chi connectivity index (χ1) is 9.59. The highest BCUT2D eigenvalue weighted by molar-refractivity contribution is 6.36. The van der Waals surface area contributed by atoms with Crippen LogP contribution >= 0.6 is 23.2 Å². The van der Waals surface area contributed by atoms with Crippen LogP contribution in [0.15, 0.2) is 12.1 Å². The molecule has 0 bridgehead atoms. The molecule has 112 valence electrons. The van der Waals surface area contributed by atoms with Gasteiger partial charge < -0.3 is 10.1 Å². The van der Waals surface area contributed by atoms with Crippen LogP contribution in [0.3, 0.4) is 0 Å². The summed E-state index contributed by atoms with van der Waals surface area (Å²) in [6.45, 7) is 4.35. The molecule has 0 saturated heterocycles. The van der Waals surface area contributed by atoms with Gasteiger partial charge in [-0.2, -0.15) is 0 Å². The average Bonchev–Trinajstić information content (AvgIpc) is 3.22. The molecule has 1 aliphatic carbocycles. The minimum absolute atomic E-state index is 0.0888. The third-order valence-electron chi connectivity index (χ3n) is 3.48. The van der Waals surface area contributed by atoms with Crippen molar-refractivity contribution in [2.75, 3.05) is 19.8 Å². The fourth-order valence-corrected chi connectivity index (χ4v) is 2.77. The SMILES string of the molecule is CC(NCCCOCC1CC1)c1c(Cl)ccc(F)c1Cl. The second-order valence-corrected chi connectivity index (χ2v) is 6.09. The zero-order valence-electron chi connectivity index (χ0n) is 11.6. The van der Waals surface area contributed by atoms with Gasteiger partial charge in [0.2, 0.25) is 0 Å². The maximum atomic E-state index is 13.5. The molecule has 1 unspecified atom stereocenters. The van der Waals surface area contributed by atoms with Crippen LogP contribution < -0.4 is 5.32 Å². The standard InChI is InChI=1S/C15H20Cl2FNO/c1-10(14-12(16)5-6-13(18)15(14)17)19-7-2-8-20-9-11-3-4-11/h5-6,10-11,19H,2-4,7-9H2,1H3. The van der Waals surface area contributed by atoms with E-state index in [0.717, 1.165) is 32.1 Å². The highest BCUT2D eigenvalue weighted by Crippen LogP contribution is 2.32. The Morgan fingerprint density at radius 3 is 2.85 bits per heavy atom. The summed E-state index contributed by atoms with van der Waals surface area (Å²) in [5, 5.41) is 3.88. The Balaban J connectivity index is 1.73. The van der Waals surface area contributed by atoms with Crippen LogP contribution in [0.1, 0.15) is 37.8 Å². The van der Waals surface area contributed by atoms with Gasteiger partial charge in [0, 0.05) is 29.8 Å². The summed E-state index contributed by atoms with van der Waals surface area (Å²) in [6.07, 6.45) is 3.54. The van der Waals surface area contributed by atoms with Crippen LogP contribution in [0.4, 0.5) is 4.39 Å². The van der Waals surface area contributed by atoms with Crippen molar-refractivity contribution in [2.45, 2.75) is 32.2 Å². The van der Waals surface area contributed by atoms with Crippen LogP contribution in [-0.4, -0.2) is 19.8 Å². The molecule has 1 aromatic carbocycles. The van der Waals surface area contributed by atoms with Gasteiger partial charge in [0.25, 0.3) is 0 Å². The molecule has 0 aromatic heterocycles. The third kappa shape index (κ3) is 4.59. The van der Waals surface area contributed by atoms with Crippen LogP contribution in [0.5, 0.6) is 0 Å². The maximum absolute atomic E-state index is 13.5. The smallest absolute Gasteiger partial charge is 0.142 e. The first kappa shape index (κ1) is 16.0. The van der Waals surface area contributed by atoms with Crippen molar-refractivity contribution in [3.63, 3.8) is 0 Å². The summed E-state index contributed by atoms with van der Waals surface area (Å²) < 4.78 is 19.0. The predicted octanol–water partition coefficient (Wildman–Crippen LogP) is 4.60. The number of rotatable bonds is 8. The third-order valence-corrected chi connectivity index (χ3v) is 4.19. The minimum Gasteiger partial charge on any atom is -0.381 e. The Kier molecular flexibility index (Phi) is 6.09. The molecule has 5 heteroatoms. The van der Waals surface area contributed by atoms with Gasteiger partial charge in [0.15, 0.2) is 0 Å². The van der Waals surface area contributed by atoms with E-state index >= 15 is 0 Å². The van der Waals surface area contributed by atoms with Gasteiger partial charge in [-0.1, -0.05) is 23.2 Å². The Morgan fingerprint density at radius 1 is 1.40 bits per heavy atom. The lowest BCUT2D eigenvalue weighted by molar-refractivity contribution is 0.121. The molecule has 0 aliphatic heterocycles. The molecule has 1 fully saturated rings. The number of hydrogen-bond acceptors (Lipinski definition) is 2. The molecule has 0 spiro atoms. The van der Waals surface area contributed by atoms with Gasteiger partial charge in [0.05, 0.1) is 5.02 Å². The van der Waals surface area contributed by atoms with Gasteiger partial charge in [0.1, 0.15) is 5.82 Å². The molecule has 1 saturated carbocycles. The Labute approximate surface area is 129 Å². The van der Waals surface area contributed by atoms with Crippen LogP contribution in [0, 0.1) is 11.7 Å². The molecule has 1 N–H and O–H groups in total. The number of benzene rings is 1. The molecular weight excluding hydrogens is 300 g/mol. The molecular formula is C15H20Cl2FNO. The van der Waals surface area contributed by atoms with Gasteiger partial charge in [-0.05, 0) is 50.8 Å². The average molecular weight is 320 g/mol.